The predicted molar refractivity (Wildman–Crippen MR) is 80.4 cm³/mol. The van der Waals surface area contributed by atoms with Crippen LogP contribution in [0.15, 0.2) is 42.5 Å². The van der Waals surface area contributed by atoms with Crippen LogP contribution in [0.3, 0.4) is 0 Å². The Hall–Kier alpha value is -2.89. The molecule has 0 aliphatic carbocycles. The van der Waals surface area contributed by atoms with Crippen molar-refractivity contribution in [1.82, 2.24) is 0 Å². The number of rotatable bonds is 7. The number of nitro groups is 1. The Kier molecular flexibility index (Phi) is 5.08. The van der Waals surface area contributed by atoms with E-state index >= 15 is 0 Å². The predicted octanol–water partition coefficient (Wildman–Crippen LogP) is 3.39. The molecular formula is C16H15NO5. The molecule has 0 heterocycles. The fourth-order valence-electron chi connectivity index (χ4n) is 1.93. The molecule has 0 N–H and O–H groups in total. The van der Waals surface area contributed by atoms with Crippen molar-refractivity contribution < 1.29 is 19.2 Å². The summed E-state index contributed by atoms with van der Waals surface area (Å²) in [7, 11) is 0. The van der Waals surface area contributed by atoms with Crippen LogP contribution < -0.4 is 9.47 Å². The van der Waals surface area contributed by atoms with Gasteiger partial charge in [-0.05, 0) is 12.5 Å². The van der Waals surface area contributed by atoms with Gasteiger partial charge in [-0.3, -0.25) is 14.9 Å². The van der Waals surface area contributed by atoms with Crippen LogP contribution in [0.25, 0.3) is 0 Å². The lowest BCUT2D eigenvalue weighted by Gasteiger charge is -2.12. The van der Waals surface area contributed by atoms with Crippen molar-refractivity contribution in [3.63, 3.8) is 0 Å². The monoisotopic (exact) mass is 301 g/mol. The second kappa shape index (κ2) is 7.21. The van der Waals surface area contributed by atoms with E-state index < -0.39 is 4.92 Å². The van der Waals surface area contributed by atoms with E-state index in [1.54, 1.807) is 6.92 Å². The molecule has 0 saturated heterocycles. The van der Waals surface area contributed by atoms with Crippen LogP contribution >= 0.6 is 0 Å². The maximum atomic E-state index is 11.0. The SMILES string of the molecule is CCOc1cc(C=O)c([N+](=O)[O-])cc1OCc1ccccc1. The lowest BCUT2D eigenvalue weighted by Crippen LogP contribution is -2.03. The van der Waals surface area contributed by atoms with E-state index in [2.05, 4.69) is 0 Å². The second-order valence-corrected chi connectivity index (χ2v) is 4.44. The number of hydrogen-bond donors (Lipinski definition) is 0. The van der Waals surface area contributed by atoms with Crippen LogP contribution in [0.2, 0.25) is 0 Å². The third-order valence-electron chi connectivity index (χ3n) is 2.95. The normalized spacial score (nSPS) is 10.0. The molecule has 0 unspecified atom stereocenters. The molecule has 0 bridgehead atoms. The van der Waals surface area contributed by atoms with Gasteiger partial charge in [0.2, 0.25) is 0 Å². The van der Waals surface area contributed by atoms with Crippen LogP contribution in [0.4, 0.5) is 5.69 Å². The average Bonchev–Trinajstić information content (AvgIpc) is 2.54. The Bertz CT molecular complexity index is 670. The van der Waals surface area contributed by atoms with Crippen LogP contribution in [0, 0.1) is 10.1 Å². The lowest BCUT2D eigenvalue weighted by atomic mass is 10.1. The third-order valence-corrected chi connectivity index (χ3v) is 2.95. The van der Waals surface area contributed by atoms with Crippen molar-refractivity contribution in [2.24, 2.45) is 0 Å². The van der Waals surface area contributed by atoms with E-state index in [0.29, 0.717) is 18.6 Å². The largest absolute Gasteiger partial charge is 0.490 e. The van der Waals surface area contributed by atoms with Crippen molar-refractivity contribution in [2.75, 3.05) is 6.61 Å². The zero-order valence-electron chi connectivity index (χ0n) is 12.0. The molecule has 0 aliphatic heterocycles. The second-order valence-electron chi connectivity index (χ2n) is 4.44. The number of aldehydes is 1. The Labute approximate surface area is 127 Å². The van der Waals surface area contributed by atoms with Gasteiger partial charge in [-0.2, -0.15) is 0 Å². The van der Waals surface area contributed by atoms with Crippen LogP contribution in [-0.2, 0) is 6.61 Å². The Morgan fingerprint density at radius 1 is 1.14 bits per heavy atom. The minimum absolute atomic E-state index is 0.0412. The number of hydrogen-bond acceptors (Lipinski definition) is 5. The van der Waals surface area contributed by atoms with Crippen LogP contribution in [-0.4, -0.2) is 17.8 Å². The van der Waals surface area contributed by atoms with Crippen molar-refractivity contribution in [3.05, 3.63) is 63.7 Å². The van der Waals surface area contributed by atoms with Crippen LogP contribution in [0.5, 0.6) is 11.5 Å². The maximum absolute atomic E-state index is 11.0. The van der Waals surface area contributed by atoms with Crippen molar-refractivity contribution >= 4 is 12.0 Å². The molecule has 2 aromatic carbocycles. The molecule has 6 nitrogen and oxygen atoms in total. The van der Waals surface area contributed by atoms with Gasteiger partial charge in [0.25, 0.3) is 5.69 Å². The van der Waals surface area contributed by atoms with Gasteiger partial charge in [-0.15, -0.1) is 0 Å². The molecule has 6 heteroatoms. The molecule has 0 aromatic heterocycles. The van der Waals surface area contributed by atoms with Crippen molar-refractivity contribution in [2.45, 2.75) is 13.5 Å². The average molecular weight is 301 g/mol. The fourth-order valence-corrected chi connectivity index (χ4v) is 1.93. The molecule has 114 valence electrons. The third kappa shape index (κ3) is 3.60. The molecule has 0 atom stereocenters. The summed E-state index contributed by atoms with van der Waals surface area (Å²) in [6, 6.07) is 12.0. The highest BCUT2D eigenvalue weighted by Crippen LogP contribution is 2.34. The van der Waals surface area contributed by atoms with Gasteiger partial charge < -0.3 is 9.47 Å². The summed E-state index contributed by atoms with van der Waals surface area (Å²) >= 11 is 0. The molecule has 0 saturated carbocycles. The highest BCUT2D eigenvalue weighted by Gasteiger charge is 2.19. The molecule has 0 fully saturated rings. The lowest BCUT2D eigenvalue weighted by molar-refractivity contribution is -0.385. The number of carbonyl (C=O) groups excluding carboxylic acids is 1. The summed E-state index contributed by atoms with van der Waals surface area (Å²) in [5.74, 6) is 0.550. The molecule has 0 spiro atoms. The van der Waals surface area contributed by atoms with E-state index in [1.165, 1.54) is 12.1 Å². The van der Waals surface area contributed by atoms with Crippen LogP contribution in [0.1, 0.15) is 22.8 Å². The first-order valence-corrected chi connectivity index (χ1v) is 6.72. The number of carbonyl (C=O) groups is 1. The smallest absolute Gasteiger partial charge is 0.283 e. The standard InChI is InChI=1S/C16H15NO5/c1-2-21-15-8-13(10-18)14(17(19)20)9-16(15)22-11-12-6-4-3-5-7-12/h3-10H,2,11H2,1H3. The van der Waals surface area contributed by atoms with Gasteiger partial charge in [0, 0.05) is 6.07 Å². The van der Waals surface area contributed by atoms with E-state index in [4.69, 9.17) is 9.47 Å². The Morgan fingerprint density at radius 2 is 1.82 bits per heavy atom. The highest BCUT2D eigenvalue weighted by atomic mass is 16.6. The molecule has 22 heavy (non-hydrogen) atoms. The number of benzene rings is 2. The van der Waals surface area contributed by atoms with E-state index in [1.807, 2.05) is 30.3 Å². The van der Waals surface area contributed by atoms with Gasteiger partial charge in [0.05, 0.1) is 23.2 Å². The minimum atomic E-state index is -0.616. The Balaban J connectivity index is 2.32. The number of nitro benzene ring substituents is 1. The number of ether oxygens (including phenoxy) is 2. The first kappa shape index (κ1) is 15.5. The zero-order chi connectivity index (χ0) is 15.9. The minimum Gasteiger partial charge on any atom is -0.490 e. The van der Waals surface area contributed by atoms with Crippen molar-refractivity contribution in [3.8, 4) is 11.5 Å². The molecule has 0 radical (unpaired) electrons. The summed E-state index contributed by atoms with van der Waals surface area (Å²) in [6.45, 7) is 2.39. The molecule has 0 amide bonds. The zero-order valence-corrected chi connectivity index (χ0v) is 12.0. The summed E-state index contributed by atoms with van der Waals surface area (Å²) in [6.07, 6.45) is 0.432. The van der Waals surface area contributed by atoms with E-state index in [9.17, 15) is 14.9 Å². The summed E-state index contributed by atoms with van der Waals surface area (Å²) in [5, 5.41) is 11.0. The molecule has 2 aromatic rings. The fraction of sp³-hybridized carbons (Fsp3) is 0.188. The van der Waals surface area contributed by atoms with E-state index in [-0.39, 0.29) is 23.6 Å². The van der Waals surface area contributed by atoms with Gasteiger partial charge >= 0.3 is 0 Å². The molecular weight excluding hydrogens is 286 g/mol. The summed E-state index contributed by atoms with van der Waals surface area (Å²) in [4.78, 5) is 21.4. The van der Waals surface area contributed by atoms with E-state index in [0.717, 1.165) is 5.56 Å². The van der Waals surface area contributed by atoms with Crippen molar-refractivity contribution in [1.29, 1.82) is 0 Å². The maximum Gasteiger partial charge on any atom is 0.283 e. The topological polar surface area (TPSA) is 78.7 Å². The highest BCUT2D eigenvalue weighted by molar-refractivity contribution is 5.83. The van der Waals surface area contributed by atoms with Gasteiger partial charge in [0.1, 0.15) is 6.61 Å². The first-order valence-electron chi connectivity index (χ1n) is 6.72. The summed E-state index contributed by atoms with van der Waals surface area (Å²) in [5.41, 5.74) is 0.578. The first-order chi connectivity index (χ1) is 10.7. The van der Waals surface area contributed by atoms with Gasteiger partial charge in [-0.25, -0.2) is 0 Å². The quantitative estimate of drug-likeness (QED) is 0.445. The number of nitrogens with zero attached hydrogens (tertiary/aromatic N) is 1. The molecule has 2 rings (SSSR count). The summed E-state index contributed by atoms with van der Waals surface area (Å²) < 4.78 is 11.0. The molecule has 0 aliphatic rings. The van der Waals surface area contributed by atoms with Gasteiger partial charge in [-0.1, -0.05) is 30.3 Å². The Morgan fingerprint density at radius 3 is 2.41 bits per heavy atom. The van der Waals surface area contributed by atoms with Gasteiger partial charge in [0.15, 0.2) is 17.8 Å².